The fraction of sp³-hybridized carbons (Fsp3) is 0.958. The zero-order valence-electron chi connectivity index (χ0n) is 17.9. The molecule has 1 saturated carbocycles. The molecule has 1 rings (SSSR count). The zero-order valence-corrected chi connectivity index (χ0v) is 17.9. The predicted octanol–water partition coefficient (Wildman–Crippen LogP) is 8.58. The van der Waals surface area contributed by atoms with Crippen LogP contribution in [-0.4, -0.2) is 12.3 Å². The van der Waals surface area contributed by atoms with Gasteiger partial charge in [0.05, 0.1) is 0 Å². The summed E-state index contributed by atoms with van der Waals surface area (Å²) in [4.78, 5) is 5.82. The van der Waals surface area contributed by atoms with Crippen LogP contribution in [0.5, 0.6) is 0 Å². The van der Waals surface area contributed by atoms with E-state index in [0.29, 0.717) is 6.10 Å². The summed E-state index contributed by atoms with van der Waals surface area (Å²) in [5.41, 5.74) is 0. The van der Waals surface area contributed by atoms with Crippen LogP contribution in [-0.2, 0) is 4.84 Å². The summed E-state index contributed by atoms with van der Waals surface area (Å²) < 4.78 is 0. The highest BCUT2D eigenvalue weighted by molar-refractivity contribution is 5.56. The van der Waals surface area contributed by atoms with E-state index in [2.05, 4.69) is 12.1 Å². The first-order chi connectivity index (χ1) is 12.9. The summed E-state index contributed by atoms with van der Waals surface area (Å²) in [7, 11) is 0. The van der Waals surface area contributed by atoms with E-state index >= 15 is 0 Å². The van der Waals surface area contributed by atoms with Crippen molar-refractivity contribution in [2.45, 2.75) is 148 Å². The van der Waals surface area contributed by atoms with Crippen molar-refractivity contribution >= 4 is 6.21 Å². The Kier molecular flexibility index (Phi) is 17.4. The quantitative estimate of drug-likeness (QED) is 0.182. The average Bonchev–Trinajstić information content (AvgIpc) is 2.71. The maximum atomic E-state index is 5.82. The van der Waals surface area contributed by atoms with E-state index in [4.69, 9.17) is 4.84 Å². The molecule has 0 aliphatic heterocycles. The van der Waals surface area contributed by atoms with E-state index in [9.17, 15) is 0 Å². The Bertz CT molecular complexity index is 291. The van der Waals surface area contributed by atoms with Gasteiger partial charge in [-0.1, -0.05) is 108 Å². The molecule has 1 aliphatic rings. The van der Waals surface area contributed by atoms with Gasteiger partial charge in [0, 0.05) is 6.21 Å². The fourth-order valence-corrected chi connectivity index (χ4v) is 3.96. The molecule has 0 saturated heterocycles. The normalized spacial score (nSPS) is 18.0. The van der Waals surface area contributed by atoms with Gasteiger partial charge in [0.2, 0.25) is 0 Å². The van der Waals surface area contributed by atoms with Crippen molar-refractivity contribution in [2.24, 2.45) is 5.16 Å². The van der Waals surface area contributed by atoms with Crippen molar-refractivity contribution in [1.29, 1.82) is 0 Å². The van der Waals surface area contributed by atoms with Crippen LogP contribution in [0, 0.1) is 0 Å². The van der Waals surface area contributed by atoms with E-state index in [1.54, 1.807) is 0 Å². The number of hydrogen-bond acceptors (Lipinski definition) is 2. The Labute approximate surface area is 164 Å². The van der Waals surface area contributed by atoms with Gasteiger partial charge in [0.15, 0.2) is 0 Å². The number of hydrogen-bond donors (Lipinski definition) is 0. The van der Waals surface area contributed by atoms with Crippen LogP contribution in [0.25, 0.3) is 0 Å². The fourth-order valence-electron chi connectivity index (χ4n) is 3.96. The first kappa shape index (κ1) is 23.5. The summed E-state index contributed by atoms with van der Waals surface area (Å²) in [6.45, 7) is 2.29. The van der Waals surface area contributed by atoms with E-state index < -0.39 is 0 Å². The van der Waals surface area contributed by atoms with Gasteiger partial charge in [-0.3, -0.25) is 0 Å². The summed E-state index contributed by atoms with van der Waals surface area (Å²) in [6, 6.07) is 0. The largest absolute Gasteiger partial charge is 0.393 e. The van der Waals surface area contributed by atoms with Crippen molar-refractivity contribution in [3.63, 3.8) is 0 Å². The Hall–Kier alpha value is -0.530. The van der Waals surface area contributed by atoms with Crippen LogP contribution in [0.3, 0.4) is 0 Å². The molecule has 0 atom stereocenters. The van der Waals surface area contributed by atoms with Gasteiger partial charge in [-0.25, -0.2) is 0 Å². The minimum absolute atomic E-state index is 0.372. The molecule has 0 aromatic heterocycles. The SMILES string of the molecule is CCCCCCCCCCCC/C=N/OC1CCCCCCCCCC1. The van der Waals surface area contributed by atoms with Crippen LogP contribution in [0.1, 0.15) is 142 Å². The molecule has 0 heterocycles. The Morgan fingerprint density at radius 3 is 1.65 bits per heavy atom. The van der Waals surface area contributed by atoms with Gasteiger partial charge >= 0.3 is 0 Å². The lowest BCUT2D eigenvalue weighted by Crippen LogP contribution is -2.10. The molecule has 154 valence electrons. The topological polar surface area (TPSA) is 21.6 Å². The lowest BCUT2D eigenvalue weighted by Gasteiger charge is -2.14. The Morgan fingerprint density at radius 2 is 1.12 bits per heavy atom. The minimum Gasteiger partial charge on any atom is -0.393 e. The van der Waals surface area contributed by atoms with Crippen molar-refractivity contribution < 1.29 is 4.84 Å². The second-order valence-electron chi connectivity index (χ2n) is 8.39. The molecule has 0 N–H and O–H groups in total. The molecule has 0 spiro atoms. The lowest BCUT2D eigenvalue weighted by molar-refractivity contribution is 0.0440. The van der Waals surface area contributed by atoms with Crippen LogP contribution in [0.2, 0.25) is 0 Å². The van der Waals surface area contributed by atoms with Gasteiger partial charge in [-0.05, 0) is 38.5 Å². The van der Waals surface area contributed by atoms with E-state index in [-0.39, 0.29) is 0 Å². The van der Waals surface area contributed by atoms with Crippen molar-refractivity contribution in [2.75, 3.05) is 0 Å². The molecule has 0 unspecified atom stereocenters. The molecular formula is C24H47NO. The first-order valence-corrected chi connectivity index (χ1v) is 12.1. The molecule has 26 heavy (non-hydrogen) atoms. The summed E-state index contributed by atoms with van der Waals surface area (Å²) >= 11 is 0. The average molecular weight is 366 g/mol. The van der Waals surface area contributed by atoms with Crippen molar-refractivity contribution in [1.82, 2.24) is 0 Å². The van der Waals surface area contributed by atoms with E-state index in [1.807, 2.05) is 6.21 Å². The highest BCUT2D eigenvalue weighted by Crippen LogP contribution is 2.19. The molecule has 0 aromatic rings. The van der Waals surface area contributed by atoms with E-state index in [1.165, 1.54) is 128 Å². The third-order valence-corrected chi connectivity index (χ3v) is 5.77. The summed E-state index contributed by atoms with van der Waals surface area (Å²) in [5.74, 6) is 0. The highest BCUT2D eigenvalue weighted by Gasteiger charge is 2.10. The highest BCUT2D eigenvalue weighted by atomic mass is 16.6. The van der Waals surface area contributed by atoms with Gasteiger partial charge < -0.3 is 4.84 Å². The predicted molar refractivity (Wildman–Crippen MR) is 116 cm³/mol. The number of nitrogens with zero attached hydrogens (tertiary/aromatic N) is 1. The van der Waals surface area contributed by atoms with Crippen LogP contribution in [0.15, 0.2) is 5.16 Å². The van der Waals surface area contributed by atoms with Crippen LogP contribution >= 0.6 is 0 Å². The molecule has 1 fully saturated rings. The van der Waals surface area contributed by atoms with E-state index in [0.717, 1.165) is 6.42 Å². The smallest absolute Gasteiger partial charge is 0.127 e. The summed E-state index contributed by atoms with van der Waals surface area (Å²) in [5, 5.41) is 4.30. The van der Waals surface area contributed by atoms with Crippen molar-refractivity contribution in [3.8, 4) is 0 Å². The third kappa shape index (κ3) is 15.7. The zero-order chi connectivity index (χ0) is 18.5. The lowest BCUT2D eigenvalue weighted by atomic mass is 10.1. The summed E-state index contributed by atoms with van der Waals surface area (Å²) in [6.07, 6.45) is 30.9. The Morgan fingerprint density at radius 1 is 0.654 bits per heavy atom. The second kappa shape index (κ2) is 19.2. The van der Waals surface area contributed by atoms with Gasteiger partial charge in [-0.15, -0.1) is 0 Å². The van der Waals surface area contributed by atoms with Crippen LogP contribution in [0.4, 0.5) is 0 Å². The molecule has 0 aromatic carbocycles. The van der Waals surface area contributed by atoms with Crippen molar-refractivity contribution in [3.05, 3.63) is 0 Å². The maximum absolute atomic E-state index is 5.82. The molecule has 2 heteroatoms. The molecule has 1 aliphatic carbocycles. The second-order valence-corrected chi connectivity index (χ2v) is 8.39. The first-order valence-electron chi connectivity index (χ1n) is 12.1. The number of oxime groups is 1. The Balaban J connectivity index is 1.93. The minimum atomic E-state index is 0.372. The number of unbranched alkanes of at least 4 members (excludes halogenated alkanes) is 10. The monoisotopic (exact) mass is 365 g/mol. The molecular weight excluding hydrogens is 318 g/mol. The van der Waals surface area contributed by atoms with Crippen LogP contribution < -0.4 is 0 Å². The third-order valence-electron chi connectivity index (χ3n) is 5.77. The number of rotatable bonds is 13. The van der Waals surface area contributed by atoms with Gasteiger partial charge in [-0.2, -0.15) is 0 Å². The molecule has 2 nitrogen and oxygen atoms in total. The van der Waals surface area contributed by atoms with Gasteiger partial charge in [0.25, 0.3) is 0 Å². The molecule has 0 bridgehead atoms. The molecule has 0 radical (unpaired) electrons. The maximum Gasteiger partial charge on any atom is 0.127 e. The molecule has 0 amide bonds. The van der Waals surface area contributed by atoms with Gasteiger partial charge in [0.1, 0.15) is 6.10 Å². The standard InChI is InChI=1S/C24H47NO/c1-2-3-4-5-6-7-8-11-14-17-20-23-25-26-24-21-18-15-12-9-10-13-16-19-22-24/h23-24H,2-22H2,1H3/b25-23+.